The number of nitrogens with zero attached hydrogens (tertiary/aromatic N) is 1. The molecular formula is C6H14ClNO. The maximum Gasteiger partial charge on any atom is 0.0682 e. The average Bonchev–Trinajstić information content (AvgIpc) is 1.63. The lowest BCUT2D eigenvalue weighted by atomic mass is 10.3. The Bertz CT molecular complexity index is 66.1. The quantitative estimate of drug-likeness (QED) is 0.606. The summed E-state index contributed by atoms with van der Waals surface area (Å²) in [5.41, 5.74) is 0. The normalized spacial score (nSPS) is 18.3. The Hall–Kier alpha value is 0.210. The van der Waals surface area contributed by atoms with Crippen LogP contribution in [0.2, 0.25) is 0 Å². The highest BCUT2D eigenvalue weighted by Gasteiger charge is 2.12. The summed E-state index contributed by atoms with van der Waals surface area (Å²) in [4.78, 5) is 5.26. The third-order valence-electron chi connectivity index (χ3n) is 1.29. The van der Waals surface area contributed by atoms with E-state index < -0.39 is 0 Å². The maximum absolute atomic E-state index is 5.26. The molecule has 0 aromatic heterocycles. The van der Waals surface area contributed by atoms with E-state index in [-0.39, 0.29) is 12.4 Å². The minimum absolute atomic E-state index is 0. The molecule has 1 aliphatic heterocycles. The van der Waals surface area contributed by atoms with E-state index in [0.29, 0.717) is 0 Å². The molecule has 1 aliphatic rings. The van der Waals surface area contributed by atoms with Gasteiger partial charge >= 0.3 is 0 Å². The van der Waals surface area contributed by atoms with Crippen molar-refractivity contribution in [3.05, 3.63) is 0 Å². The van der Waals surface area contributed by atoms with Gasteiger partial charge in [-0.25, -0.2) is 0 Å². The van der Waals surface area contributed by atoms with Crippen LogP contribution in [0, 0.1) is 0 Å². The van der Waals surface area contributed by atoms with Crippen molar-refractivity contribution in [3.63, 3.8) is 0 Å². The van der Waals surface area contributed by atoms with Crippen LogP contribution in [0.5, 0.6) is 0 Å². The Morgan fingerprint density at radius 3 is 2.44 bits per heavy atom. The SMILES string of the molecule is CCCON1CCC1.Cl. The Kier molecular flexibility index (Phi) is 5.15. The lowest BCUT2D eigenvalue weighted by Gasteiger charge is -2.29. The van der Waals surface area contributed by atoms with Crippen LogP contribution >= 0.6 is 12.4 Å². The van der Waals surface area contributed by atoms with Gasteiger partial charge in [0.1, 0.15) is 0 Å². The Morgan fingerprint density at radius 1 is 1.44 bits per heavy atom. The molecule has 0 atom stereocenters. The predicted octanol–water partition coefficient (Wildman–Crippen LogP) is 1.46. The molecule has 56 valence electrons. The Labute approximate surface area is 62.5 Å². The van der Waals surface area contributed by atoms with Gasteiger partial charge in [-0.3, -0.25) is 4.84 Å². The van der Waals surface area contributed by atoms with E-state index in [1.54, 1.807) is 0 Å². The van der Waals surface area contributed by atoms with Gasteiger partial charge < -0.3 is 0 Å². The van der Waals surface area contributed by atoms with Crippen LogP contribution in [0.4, 0.5) is 0 Å². The molecule has 9 heavy (non-hydrogen) atoms. The fourth-order valence-corrected chi connectivity index (χ4v) is 0.637. The van der Waals surface area contributed by atoms with E-state index in [0.717, 1.165) is 26.1 Å². The molecule has 0 radical (unpaired) electrons. The van der Waals surface area contributed by atoms with Gasteiger partial charge in [0, 0.05) is 13.1 Å². The number of hydrogen-bond donors (Lipinski definition) is 0. The second-order valence-electron chi connectivity index (χ2n) is 2.12. The van der Waals surface area contributed by atoms with Crippen molar-refractivity contribution in [2.45, 2.75) is 19.8 Å². The van der Waals surface area contributed by atoms with E-state index >= 15 is 0 Å². The van der Waals surface area contributed by atoms with Crippen molar-refractivity contribution in [3.8, 4) is 0 Å². The number of halogens is 1. The van der Waals surface area contributed by atoms with Crippen molar-refractivity contribution in [1.82, 2.24) is 5.06 Å². The fourth-order valence-electron chi connectivity index (χ4n) is 0.637. The topological polar surface area (TPSA) is 12.5 Å². The Morgan fingerprint density at radius 2 is 2.11 bits per heavy atom. The molecule has 0 amide bonds. The van der Waals surface area contributed by atoms with Gasteiger partial charge in [0.2, 0.25) is 0 Å². The summed E-state index contributed by atoms with van der Waals surface area (Å²) in [5.74, 6) is 0. The average molecular weight is 152 g/mol. The summed E-state index contributed by atoms with van der Waals surface area (Å²) in [5, 5.41) is 2.02. The molecule has 2 nitrogen and oxygen atoms in total. The molecule has 1 rings (SSSR count). The van der Waals surface area contributed by atoms with Crippen LogP contribution in [0.1, 0.15) is 19.8 Å². The molecule has 1 fully saturated rings. The summed E-state index contributed by atoms with van der Waals surface area (Å²) >= 11 is 0. The number of hydroxylamine groups is 2. The summed E-state index contributed by atoms with van der Waals surface area (Å²) in [7, 11) is 0. The zero-order valence-electron chi connectivity index (χ0n) is 5.80. The van der Waals surface area contributed by atoms with E-state index in [4.69, 9.17) is 4.84 Å². The third kappa shape index (κ3) is 3.04. The second-order valence-corrected chi connectivity index (χ2v) is 2.12. The summed E-state index contributed by atoms with van der Waals surface area (Å²) in [6.45, 7) is 5.29. The van der Waals surface area contributed by atoms with E-state index in [2.05, 4.69) is 6.92 Å². The first-order valence-electron chi connectivity index (χ1n) is 3.31. The van der Waals surface area contributed by atoms with Crippen molar-refractivity contribution in [2.24, 2.45) is 0 Å². The van der Waals surface area contributed by atoms with E-state index in [1.807, 2.05) is 5.06 Å². The van der Waals surface area contributed by atoms with Crippen molar-refractivity contribution >= 4 is 12.4 Å². The van der Waals surface area contributed by atoms with Gasteiger partial charge in [-0.15, -0.1) is 12.4 Å². The lowest BCUT2D eigenvalue weighted by molar-refractivity contribution is -0.196. The van der Waals surface area contributed by atoms with Gasteiger partial charge in [-0.05, 0) is 12.8 Å². The largest absolute Gasteiger partial charge is 0.299 e. The second kappa shape index (κ2) is 5.03. The highest BCUT2D eigenvalue weighted by Crippen LogP contribution is 2.05. The van der Waals surface area contributed by atoms with Crippen LogP contribution in [0.3, 0.4) is 0 Å². The summed E-state index contributed by atoms with van der Waals surface area (Å²) in [6, 6.07) is 0. The Balaban J connectivity index is 0.000000640. The van der Waals surface area contributed by atoms with E-state index in [1.165, 1.54) is 6.42 Å². The monoisotopic (exact) mass is 151 g/mol. The van der Waals surface area contributed by atoms with Gasteiger partial charge in [0.05, 0.1) is 6.61 Å². The van der Waals surface area contributed by atoms with Crippen LogP contribution in [-0.4, -0.2) is 24.8 Å². The molecule has 0 aromatic rings. The zero-order valence-corrected chi connectivity index (χ0v) is 6.62. The molecule has 0 aromatic carbocycles. The molecule has 3 heteroatoms. The molecule has 0 spiro atoms. The van der Waals surface area contributed by atoms with Gasteiger partial charge in [0.25, 0.3) is 0 Å². The van der Waals surface area contributed by atoms with E-state index in [9.17, 15) is 0 Å². The standard InChI is InChI=1S/C6H13NO.ClH/c1-2-6-8-7-4-3-5-7;/h2-6H2,1H3;1H. The van der Waals surface area contributed by atoms with Crippen LogP contribution in [0.15, 0.2) is 0 Å². The first-order valence-corrected chi connectivity index (χ1v) is 3.31. The smallest absolute Gasteiger partial charge is 0.0682 e. The lowest BCUT2D eigenvalue weighted by Crippen LogP contribution is -2.37. The number of hydrogen-bond acceptors (Lipinski definition) is 2. The van der Waals surface area contributed by atoms with Crippen molar-refractivity contribution in [1.29, 1.82) is 0 Å². The predicted molar refractivity (Wildman–Crippen MR) is 39.7 cm³/mol. The summed E-state index contributed by atoms with van der Waals surface area (Å²) < 4.78 is 0. The zero-order chi connectivity index (χ0) is 5.82. The maximum atomic E-state index is 5.26. The van der Waals surface area contributed by atoms with Crippen molar-refractivity contribution in [2.75, 3.05) is 19.7 Å². The van der Waals surface area contributed by atoms with Crippen LogP contribution in [0.25, 0.3) is 0 Å². The van der Waals surface area contributed by atoms with Crippen LogP contribution in [-0.2, 0) is 4.84 Å². The highest BCUT2D eigenvalue weighted by atomic mass is 35.5. The van der Waals surface area contributed by atoms with Crippen LogP contribution < -0.4 is 0 Å². The molecule has 1 saturated heterocycles. The molecule has 0 bridgehead atoms. The molecular weight excluding hydrogens is 138 g/mol. The molecule has 0 aliphatic carbocycles. The highest BCUT2D eigenvalue weighted by molar-refractivity contribution is 5.85. The first kappa shape index (κ1) is 9.21. The van der Waals surface area contributed by atoms with Gasteiger partial charge in [0.15, 0.2) is 0 Å². The first-order chi connectivity index (χ1) is 3.93. The third-order valence-corrected chi connectivity index (χ3v) is 1.29. The van der Waals surface area contributed by atoms with Gasteiger partial charge in [-0.2, -0.15) is 5.06 Å². The molecule has 0 saturated carbocycles. The minimum atomic E-state index is 0. The molecule has 1 heterocycles. The molecule has 0 N–H and O–H groups in total. The fraction of sp³-hybridized carbons (Fsp3) is 1.00. The van der Waals surface area contributed by atoms with Gasteiger partial charge in [-0.1, -0.05) is 6.92 Å². The van der Waals surface area contributed by atoms with Crippen molar-refractivity contribution < 1.29 is 4.84 Å². The number of rotatable bonds is 3. The molecule has 0 unspecified atom stereocenters. The minimum Gasteiger partial charge on any atom is -0.299 e. The summed E-state index contributed by atoms with van der Waals surface area (Å²) in [6.07, 6.45) is 2.43.